The Hall–Kier alpha value is -2.62. The van der Waals surface area contributed by atoms with Crippen molar-refractivity contribution in [3.05, 3.63) is 65.7 Å². The molecule has 2 rings (SSSR count). The Morgan fingerprint density at radius 3 is 2.62 bits per heavy atom. The van der Waals surface area contributed by atoms with Crippen molar-refractivity contribution in [1.82, 2.24) is 5.43 Å². The number of aryl methyl sites for hydroxylation is 1. The first-order valence-electron chi connectivity index (χ1n) is 6.73. The van der Waals surface area contributed by atoms with Crippen molar-refractivity contribution in [2.75, 3.05) is 6.61 Å². The van der Waals surface area contributed by atoms with E-state index in [1.54, 1.807) is 12.1 Å². The highest BCUT2D eigenvalue weighted by atomic mass is 16.5. The van der Waals surface area contributed by atoms with E-state index in [1.165, 1.54) is 0 Å². The maximum Gasteiger partial charge on any atom is 0.277 e. The van der Waals surface area contributed by atoms with E-state index in [9.17, 15) is 4.79 Å². The summed E-state index contributed by atoms with van der Waals surface area (Å²) >= 11 is 0. The number of rotatable bonds is 5. The zero-order valence-electron chi connectivity index (χ0n) is 12.2. The molecular formula is C17H18N2O2. The van der Waals surface area contributed by atoms with Crippen LogP contribution >= 0.6 is 0 Å². The average Bonchev–Trinajstić information content (AvgIpc) is 2.51. The topological polar surface area (TPSA) is 50.7 Å². The number of carbonyl (C=O) groups is 1. The van der Waals surface area contributed by atoms with Gasteiger partial charge < -0.3 is 4.74 Å². The van der Waals surface area contributed by atoms with Crippen LogP contribution in [0.25, 0.3) is 0 Å². The van der Waals surface area contributed by atoms with Crippen molar-refractivity contribution in [2.24, 2.45) is 5.10 Å². The van der Waals surface area contributed by atoms with Gasteiger partial charge in [0.2, 0.25) is 0 Å². The summed E-state index contributed by atoms with van der Waals surface area (Å²) in [6, 6.07) is 17.2. The lowest BCUT2D eigenvalue weighted by atomic mass is 10.1. The highest BCUT2D eigenvalue weighted by Gasteiger charge is 2.02. The van der Waals surface area contributed by atoms with Crippen LogP contribution < -0.4 is 10.2 Å². The van der Waals surface area contributed by atoms with Gasteiger partial charge in [0.05, 0.1) is 5.71 Å². The number of benzene rings is 2. The van der Waals surface area contributed by atoms with E-state index >= 15 is 0 Å². The van der Waals surface area contributed by atoms with E-state index in [-0.39, 0.29) is 12.5 Å². The molecule has 0 unspecified atom stereocenters. The molecule has 0 spiro atoms. The summed E-state index contributed by atoms with van der Waals surface area (Å²) in [4.78, 5) is 11.7. The van der Waals surface area contributed by atoms with Gasteiger partial charge in [0.15, 0.2) is 6.61 Å². The predicted octanol–water partition coefficient (Wildman–Crippen LogP) is 2.91. The summed E-state index contributed by atoms with van der Waals surface area (Å²) in [6.07, 6.45) is 0. The normalized spacial score (nSPS) is 11.0. The van der Waals surface area contributed by atoms with E-state index < -0.39 is 0 Å². The fraction of sp³-hybridized carbons (Fsp3) is 0.176. The minimum atomic E-state index is -0.286. The third-order valence-corrected chi connectivity index (χ3v) is 2.90. The molecule has 0 aliphatic heterocycles. The third kappa shape index (κ3) is 4.76. The molecule has 0 bridgehead atoms. The lowest BCUT2D eigenvalue weighted by Crippen LogP contribution is -2.25. The summed E-state index contributed by atoms with van der Waals surface area (Å²) in [5.41, 5.74) is 5.39. The van der Waals surface area contributed by atoms with Gasteiger partial charge in [-0.25, -0.2) is 5.43 Å². The molecule has 1 amide bonds. The molecule has 1 N–H and O–H groups in total. The number of hydrogen-bond acceptors (Lipinski definition) is 3. The molecule has 4 nitrogen and oxygen atoms in total. The number of carbonyl (C=O) groups excluding carboxylic acids is 1. The predicted molar refractivity (Wildman–Crippen MR) is 83.5 cm³/mol. The highest BCUT2D eigenvalue weighted by molar-refractivity contribution is 5.99. The monoisotopic (exact) mass is 282 g/mol. The summed E-state index contributed by atoms with van der Waals surface area (Å²) in [5, 5.41) is 4.08. The van der Waals surface area contributed by atoms with E-state index in [0.717, 1.165) is 16.8 Å². The van der Waals surface area contributed by atoms with Gasteiger partial charge in [-0.05, 0) is 31.5 Å². The molecule has 21 heavy (non-hydrogen) atoms. The number of para-hydroxylation sites is 1. The molecule has 0 heterocycles. The zero-order valence-corrected chi connectivity index (χ0v) is 12.2. The van der Waals surface area contributed by atoms with Crippen LogP contribution in [0.3, 0.4) is 0 Å². The van der Waals surface area contributed by atoms with Crippen molar-refractivity contribution < 1.29 is 9.53 Å². The molecule has 108 valence electrons. The number of nitrogens with one attached hydrogen (secondary N) is 1. The van der Waals surface area contributed by atoms with E-state index in [2.05, 4.69) is 10.5 Å². The molecular weight excluding hydrogens is 264 g/mol. The summed E-state index contributed by atoms with van der Waals surface area (Å²) < 4.78 is 5.34. The first-order chi connectivity index (χ1) is 10.1. The fourth-order valence-electron chi connectivity index (χ4n) is 1.78. The average molecular weight is 282 g/mol. The second-order valence-corrected chi connectivity index (χ2v) is 4.70. The number of ether oxygens (including phenoxy) is 1. The molecule has 0 radical (unpaired) electrons. The Bertz CT molecular complexity index is 636. The molecule has 2 aromatic carbocycles. The van der Waals surface area contributed by atoms with Gasteiger partial charge in [-0.2, -0.15) is 5.10 Å². The van der Waals surface area contributed by atoms with Gasteiger partial charge >= 0.3 is 0 Å². The third-order valence-electron chi connectivity index (χ3n) is 2.90. The lowest BCUT2D eigenvalue weighted by Gasteiger charge is -2.06. The van der Waals surface area contributed by atoms with E-state index in [4.69, 9.17) is 4.74 Å². The minimum absolute atomic E-state index is 0.0609. The van der Waals surface area contributed by atoms with Crippen LogP contribution in [0.1, 0.15) is 18.1 Å². The molecule has 0 aliphatic rings. The summed E-state index contributed by atoms with van der Waals surface area (Å²) in [7, 11) is 0. The van der Waals surface area contributed by atoms with Crippen LogP contribution in [0.2, 0.25) is 0 Å². The number of amides is 1. The van der Waals surface area contributed by atoms with Gasteiger partial charge in [-0.1, -0.05) is 48.0 Å². The number of nitrogens with zero attached hydrogens (tertiary/aromatic N) is 1. The van der Waals surface area contributed by atoms with E-state index in [1.807, 2.05) is 56.3 Å². The number of hydrogen-bond donors (Lipinski definition) is 1. The molecule has 2 aromatic rings. The van der Waals surface area contributed by atoms with Gasteiger partial charge in [0, 0.05) is 0 Å². The Labute approximate surface area is 124 Å². The van der Waals surface area contributed by atoms with Crippen LogP contribution in [0.4, 0.5) is 0 Å². The smallest absolute Gasteiger partial charge is 0.277 e. The van der Waals surface area contributed by atoms with Gasteiger partial charge in [0.1, 0.15) is 5.75 Å². The van der Waals surface area contributed by atoms with Gasteiger partial charge in [-0.15, -0.1) is 0 Å². The lowest BCUT2D eigenvalue weighted by molar-refractivity contribution is -0.123. The van der Waals surface area contributed by atoms with Crippen LogP contribution in [-0.4, -0.2) is 18.2 Å². The Balaban J connectivity index is 1.87. The Morgan fingerprint density at radius 2 is 1.90 bits per heavy atom. The van der Waals surface area contributed by atoms with Crippen LogP contribution in [0, 0.1) is 6.92 Å². The summed E-state index contributed by atoms with van der Waals surface area (Å²) in [5.74, 6) is 0.373. The summed E-state index contributed by atoms with van der Waals surface area (Å²) in [6.45, 7) is 3.81. The van der Waals surface area contributed by atoms with Crippen LogP contribution in [0.5, 0.6) is 5.75 Å². The molecule has 0 aromatic heterocycles. The second kappa shape index (κ2) is 7.24. The van der Waals surface area contributed by atoms with Gasteiger partial charge in [0.25, 0.3) is 5.91 Å². The molecule has 4 heteroatoms. The highest BCUT2D eigenvalue weighted by Crippen LogP contribution is 2.07. The molecule has 0 saturated heterocycles. The fourth-order valence-corrected chi connectivity index (χ4v) is 1.78. The molecule has 0 atom stereocenters. The standard InChI is InChI=1S/C17H18N2O2/c1-13-7-6-8-15(11-13)14(2)18-19-17(20)12-21-16-9-4-3-5-10-16/h3-11H,12H2,1-2H3,(H,19,20). The van der Waals surface area contributed by atoms with Crippen molar-refractivity contribution >= 4 is 11.6 Å². The zero-order chi connectivity index (χ0) is 15.1. The maximum atomic E-state index is 11.7. The van der Waals surface area contributed by atoms with Crippen LogP contribution in [0.15, 0.2) is 59.7 Å². The first-order valence-corrected chi connectivity index (χ1v) is 6.73. The van der Waals surface area contributed by atoms with Crippen molar-refractivity contribution in [3.8, 4) is 5.75 Å². The largest absolute Gasteiger partial charge is 0.484 e. The SMILES string of the molecule is CC(=NNC(=O)COc1ccccc1)c1cccc(C)c1. The molecule has 0 fully saturated rings. The van der Waals surface area contributed by atoms with Crippen LogP contribution in [-0.2, 0) is 4.79 Å². The van der Waals surface area contributed by atoms with Gasteiger partial charge in [-0.3, -0.25) is 4.79 Å². The Kier molecular flexibility index (Phi) is 5.10. The quantitative estimate of drug-likeness (QED) is 0.677. The minimum Gasteiger partial charge on any atom is -0.484 e. The second-order valence-electron chi connectivity index (χ2n) is 4.70. The van der Waals surface area contributed by atoms with Crippen molar-refractivity contribution in [2.45, 2.75) is 13.8 Å². The first kappa shape index (κ1) is 14.8. The van der Waals surface area contributed by atoms with Crippen molar-refractivity contribution in [1.29, 1.82) is 0 Å². The van der Waals surface area contributed by atoms with E-state index in [0.29, 0.717) is 5.75 Å². The Morgan fingerprint density at radius 1 is 1.14 bits per heavy atom. The maximum absolute atomic E-state index is 11.7. The molecule has 0 aliphatic carbocycles. The van der Waals surface area contributed by atoms with Crippen molar-refractivity contribution in [3.63, 3.8) is 0 Å². The molecule has 0 saturated carbocycles. The number of hydrazone groups is 1.